The predicted molar refractivity (Wildman–Crippen MR) is 108 cm³/mol. The van der Waals surface area contributed by atoms with Crippen molar-refractivity contribution in [3.8, 4) is 16.3 Å². The minimum Gasteiger partial charge on any atom is -0.324 e. The van der Waals surface area contributed by atoms with Crippen LogP contribution in [0.15, 0.2) is 72.4 Å². The van der Waals surface area contributed by atoms with E-state index < -0.39 is 0 Å². The van der Waals surface area contributed by atoms with Crippen LogP contribution in [0.5, 0.6) is 0 Å². The van der Waals surface area contributed by atoms with Crippen LogP contribution >= 0.6 is 22.9 Å². The normalized spacial score (nSPS) is 10.7. The number of anilines is 1. The van der Waals surface area contributed by atoms with E-state index in [9.17, 15) is 4.79 Å². The molecule has 7 heteroatoms. The van der Waals surface area contributed by atoms with E-state index in [0.29, 0.717) is 10.7 Å². The Morgan fingerprint density at radius 1 is 1.15 bits per heavy atom. The molecule has 0 atom stereocenters. The second-order valence-corrected chi connectivity index (χ2v) is 7.14. The molecule has 0 spiro atoms. The lowest BCUT2D eigenvalue weighted by molar-refractivity contribution is -0.115. The van der Waals surface area contributed by atoms with Gasteiger partial charge in [-0.15, -0.1) is 11.3 Å². The Morgan fingerprint density at radius 2 is 2.00 bits per heavy atom. The lowest BCUT2D eigenvalue weighted by Gasteiger charge is -2.11. The predicted octanol–water partition coefficient (Wildman–Crippen LogP) is 4.83. The summed E-state index contributed by atoms with van der Waals surface area (Å²) >= 11 is 7.63. The molecule has 4 rings (SSSR count). The highest BCUT2D eigenvalue weighted by molar-refractivity contribution is 7.13. The van der Waals surface area contributed by atoms with Crippen molar-refractivity contribution in [1.82, 2.24) is 14.8 Å². The van der Waals surface area contributed by atoms with Crippen LogP contribution in [0.4, 0.5) is 5.69 Å². The van der Waals surface area contributed by atoms with Crippen molar-refractivity contribution in [2.45, 2.75) is 6.42 Å². The molecule has 0 radical (unpaired) electrons. The lowest BCUT2D eigenvalue weighted by Crippen LogP contribution is -2.16. The van der Waals surface area contributed by atoms with E-state index in [1.807, 2.05) is 54.0 Å². The third-order valence-electron chi connectivity index (χ3n) is 3.90. The smallest absolute Gasteiger partial charge is 0.230 e. The number of rotatable bonds is 5. The van der Waals surface area contributed by atoms with Gasteiger partial charge in [-0.3, -0.25) is 4.79 Å². The van der Waals surface area contributed by atoms with Crippen molar-refractivity contribution in [2.75, 3.05) is 5.32 Å². The zero-order valence-corrected chi connectivity index (χ0v) is 15.7. The molecule has 5 nitrogen and oxygen atoms in total. The molecule has 2 heterocycles. The third-order valence-corrected chi connectivity index (χ3v) is 5.07. The first kappa shape index (κ1) is 17.5. The van der Waals surface area contributed by atoms with Gasteiger partial charge < -0.3 is 5.32 Å². The Morgan fingerprint density at radius 3 is 2.78 bits per heavy atom. The van der Waals surface area contributed by atoms with Crippen LogP contribution < -0.4 is 5.32 Å². The van der Waals surface area contributed by atoms with Crippen LogP contribution in [0.3, 0.4) is 0 Å². The van der Waals surface area contributed by atoms with Crippen LogP contribution in [0, 0.1) is 0 Å². The topological polar surface area (TPSA) is 59.8 Å². The van der Waals surface area contributed by atoms with Gasteiger partial charge in [0.15, 0.2) is 0 Å². The average Bonchev–Trinajstić information content (AvgIpc) is 3.35. The van der Waals surface area contributed by atoms with E-state index in [4.69, 9.17) is 11.6 Å². The van der Waals surface area contributed by atoms with Crippen molar-refractivity contribution in [2.24, 2.45) is 0 Å². The summed E-state index contributed by atoms with van der Waals surface area (Å²) in [7, 11) is 0. The van der Waals surface area contributed by atoms with Crippen LogP contribution in [-0.2, 0) is 11.2 Å². The standard InChI is InChI=1S/C20H15ClN4OS/c21-15-7-8-18(25-10-4-9-22-25)17(11-15)24-19(26)12-16-13-27-20(23-16)14-5-2-1-3-6-14/h1-11,13H,12H2,(H,24,26). The van der Waals surface area contributed by atoms with Gasteiger partial charge in [0.2, 0.25) is 5.91 Å². The number of nitrogens with one attached hydrogen (secondary N) is 1. The number of hydrogen-bond acceptors (Lipinski definition) is 4. The molecule has 134 valence electrons. The maximum absolute atomic E-state index is 12.5. The molecular weight excluding hydrogens is 380 g/mol. The molecule has 0 bridgehead atoms. The highest BCUT2D eigenvalue weighted by Crippen LogP contribution is 2.26. The molecule has 0 aliphatic rings. The summed E-state index contributed by atoms with van der Waals surface area (Å²) in [6, 6.07) is 17.0. The highest BCUT2D eigenvalue weighted by atomic mass is 35.5. The summed E-state index contributed by atoms with van der Waals surface area (Å²) in [4.78, 5) is 17.1. The number of aromatic nitrogens is 3. The van der Waals surface area contributed by atoms with Crippen molar-refractivity contribution in [3.63, 3.8) is 0 Å². The molecule has 0 saturated heterocycles. The van der Waals surface area contributed by atoms with Gasteiger partial charge in [-0.2, -0.15) is 5.10 Å². The van der Waals surface area contributed by atoms with E-state index in [1.54, 1.807) is 23.0 Å². The first-order chi connectivity index (χ1) is 13.2. The molecule has 4 aromatic rings. The van der Waals surface area contributed by atoms with E-state index >= 15 is 0 Å². The van der Waals surface area contributed by atoms with E-state index in [0.717, 1.165) is 22.0 Å². The second kappa shape index (κ2) is 7.73. The number of thiazole rings is 1. The molecule has 27 heavy (non-hydrogen) atoms. The van der Waals surface area contributed by atoms with E-state index in [2.05, 4.69) is 15.4 Å². The maximum atomic E-state index is 12.5. The number of carbonyl (C=O) groups excluding carboxylic acids is 1. The number of hydrogen-bond donors (Lipinski definition) is 1. The molecule has 0 saturated carbocycles. The highest BCUT2D eigenvalue weighted by Gasteiger charge is 2.12. The first-order valence-electron chi connectivity index (χ1n) is 8.28. The second-order valence-electron chi connectivity index (χ2n) is 5.85. The quantitative estimate of drug-likeness (QED) is 0.527. The number of nitrogens with zero attached hydrogens (tertiary/aromatic N) is 3. The van der Waals surface area contributed by atoms with E-state index in [1.165, 1.54) is 11.3 Å². The molecular formula is C20H15ClN4OS. The first-order valence-corrected chi connectivity index (χ1v) is 9.54. The Bertz CT molecular complexity index is 1060. The Hall–Kier alpha value is -2.96. The molecule has 0 fully saturated rings. The van der Waals surface area contributed by atoms with Crippen LogP contribution in [0.1, 0.15) is 5.69 Å². The molecule has 0 aliphatic heterocycles. The van der Waals surface area contributed by atoms with Gasteiger partial charge in [0.05, 0.1) is 23.5 Å². The molecule has 1 amide bonds. The van der Waals surface area contributed by atoms with Crippen LogP contribution in [-0.4, -0.2) is 20.7 Å². The minimum atomic E-state index is -0.157. The van der Waals surface area contributed by atoms with Gasteiger partial charge >= 0.3 is 0 Å². The largest absolute Gasteiger partial charge is 0.324 e. The zero-order valence-electron chi connectivity index (χ0n) is 14.2. The van der Waals surface area contributed by atoms with Crippen molar-refractivity contribution in [3.05, 3.63) is 83.1 Å². The number of benzene rings is 2. The summed E-state index contributed by atoms with van der Waals surface area (Å²) in [5.41, 5.74) is 3.14. The fourth-order valence-electron chi connectivity index (χ4n) is 2.68. The van der Waals surface area contributed by atoms with Crippen molar-refractivity contribution < 1.29 is 4.79 Å². The average molecular weight is 395 g/mol. The van der Waals surface area contributed by atoms with Gasteiger partial charge in [0, 0.05) is 28.4 Å². The summed E-state index contributed by atoms with van der Waals surface area (Å²) < 4.78 is 1.68. The van der Waals surface area contributed by atoms with Gasteiger partial charge in [-0.05, 0) is 24.3 Å². The molecule has 0 aliphatic carbocycles. The number of amides is 1. The lowest BCUT2D eigenvalue weighted by atomic mass is 10.2. The zero-order chi connectivity index (χ0) is 18.6. The fourth-order valence-corrected chi connectivity index (χ4v) is 3.68. The molecule has 1 N–H and O–H groups in total. The third kappa shape index (κ3) is 4.07. The van der Waals surface area contributed by atoms with E-state index in [-0.39, 0.29) is 12.3 Å². The fraction of sp³-hybridized carbons (Fsp3) is 0.0500. The Kier molecular flexibility index (Phi) is 5.00. The Balaban J connectivity index is 1.51. The van der Waals surface area contributed by atoms with Gasteiger partial charge in [0.1, 0.15) is 5.01 Å². The van der Waals surface area contributed by atoms with Gasteiger partial charge in [-0.25, -0.2) is 9.67 Å². The number of carbonyl (C=O) groups is 1. The van der Waals surface area contributed by atoms with Crippen LogP contribution in [0.2, 0.25) is 5.02 Å². The van der Waals surface area contributed by atoms with Crippen LogP contribution in [0.25, 0.3) is 16.3 Å². The number of halogens is 1. The summed E-state index contributed by atoms with van der Waals surface area (Å²) in [6.07, 6.45) is 3.68. The van der Waals surface area contributed by atoms with Gasteiger partial charge in [-0.1, -0.05) is 41.9 Å². The Labute approximate surface area is 165 Å². The SMILES string of the molecule is O=C(Cc1csc(-c2ccccc2)n1)Nc1cc(Cl)ccc1-n1cccn1. The summed E-state index contributed by atoms with van der Waals surface area (Å²) in [5.74, 6) is -0.157. The summed E-state index contributed by atoms with van der Waals surface area (Å²) in [6.45, 7) is 0. The minimum absolute atomic E-state index is 0.157. The summed E-state index contributed by atoms with van der Waals surface area (Å²) in [5, 5.41) is 10.5. The maximum Gasteiger partial charge on any atom is 0.230 e. The van der Waals surface area contributed by atoms with Gasteiger partial charge in [0.25, 0.3) is 0 Å². The van der Waals surface area contributed by atoms with Crippen molar-refractivity contribution in [1.29, 1.82) is 0 Å². The molecule has 0 unspecified atom stereocenters. The molecule has 2 aromatic heterocycles. The monoisotopic (exact) mass is 394 g/mol. The van der Waals surface area contributed by atoms with Crippen molar-refractivity contribution >= 4 is 34.5 Å². The molecule has 2 aromatic carbocycles.